The molecule has 0 saturated carbocycles. The SMILES string of the molecule is CC(C)(C)OC(=O)N1CCc2c(C(=O)O)c[nH]c(=O)c2C1. The van der Waals surface area contributed by atoms with Gasteiger partial charge in [0.25, 0.3) is 5.56 Å². The fourth-order valence-electron chi connectivity index (χ4n) is 2.25. The van der Waals surface area contributed by atoms with Gasteiger partial charge in [0.2, 0.25) is 0 Å². The van der Waals surface area contributed by atoms with Gasteiger partial charge >= 0.3 is 12.1 Å². The summed E-state index contributed by atoms with van der Waals surface area (Å²) in [6, 6.07) is 0. The predicted molar refractivity (Wildman–Crippen MR) is 74.4 cm³/mol. The van der Waals surface area contributed by atoms with Crippen molar-refractivity contribution in [2.24, 2.45) is 0 Å². The Balaban J connectivity index is 2.29. The van der Waals surface area contributed by atoms with E-state index < -0.39 is 17.7 Å². The molecule has 0 unspecified atom stereocenters. The van der Waals surface area contributed by atoms with Crippen molar-refractivity contribution in [2.45, 2.75) is 39.3 Å². The van der Waals surface area contributed by atoms with Crippen molar-refractivity contribution < 1.29 is 19.4 Å². The highest BCUT2D eigenvalue weighted by molar-refractivity contribution is 5.89. The summed E-state index contributed by atoms with van der Waals surface area (Å²) < 4.78 is 5.27. The number of carboxylic acids is 1. The lowest BCUT2D eigenvalue weighted by Crippen LogP contribution is -2.42. The Kier molecular flexibility index (Phi) is 3.76. The fraction of sp³-hybridized carbons (Fsp3) is 0.500. The highest BCUT2D eigenvalue weighted by Crippen LogP contribution is 2.21. The van der Waals surface area contributed by atoms with Gasteiger partial charge in [-0.05, 0) is 32.8 Å². The largest absolute Gasteiger partial charge is 0.478 e. The molecular weight excluding hydrogens is 276 g/mol. The maximum Gasteiger partial charge on any atom is 0.410 e. The van der Waals surface area contributed by atoms with Crippen molar-refractivity contribution in [3.8, 4) is 0 Å². The van der Waals surface area contributed by atoms with Crippen molar-refractivity contribution in [3.63, 3.8) is 0 Å². The summed E-state index contributed by atoms with van der Waals surface area (Å²) in [5.41, 5.74) is -0.109. The fourth-order valence-corrected chi connectivity index (χ4v) is 2.25. The van der Waals surface area contributed by atoms with Gasteiger partial charge in [0.05, 0.1) is 12.1 Å². The molecule has 1 aliphatic rings. The van der Waals surface area contributed by atoms with Gasteiger partial charge in [0.15, 0.2) is 0 Å². The molecule has 0 aromatic carbocycles. The van der Waals surface area contributed by atoms with Gasteiger partial charge < -0.3 is 19.7 Å². The smallest absolute Gasteiger partial charge is 0.410 e. The summed E-state index contributed by atoms with van der Waals surface area (Å²) in [5.74, 6) is -1.09. The van der Waals surface area contributed by atoms with Gasteiger partial charge in [-0.1, -0.05) is 0 Å². The third-order valence-corrected chi connectivity index (χ3v) is 3.17. The Labute approximate surface area is 121 Å². The van der Waals surface area contributed by atoms with Crippen LogP contribution in [-0.4, -0.2) is 39.2 Å². The van der Waals surface area contributed by atoms with Crippen LogP contribution in [0.25, 0.3) is 0 Å². The number of carbonyl (C=O) groups is 2. The number of carbonyl (C=O) groups excluding carboxylic acids is 1. The Morgan fingerprint density at radius 2 is 2.00 bits per heavy atom. The van der Waals surface area contributed by atoms with Crippen LogP contribution in [0.3, 0.4) is 0 Å². The van der Waals surface area contributed by atoms with E-state index in [0.29, 0.717) is 24.1 Å². The van der Waals surface area contributed by atoms with Gasteiger partial charge in [-0.15, -0.1) is 0 Å². The summed E-state index contributed by atoms with van der Waals surface area (Å²) in [6.07, 6.45) is 1.01. The number of aromatic nitrogens is 1. The lowest BCUT2D eigenvalue weighted by molar-refractivity contribution is 0.0223. The lowest BCUT2D eigenvalue weighted by atomic mass is 9.97. The molecule has 21 heavy (non-hydrogen) atoms. The molecule has 2 N–H and O–H groups in total. The van der Waals surface area contributed by atoms with E-state index in [-0.39, 0.29) is 17.7 Å². The molecule has 7 nitrogen and oxygen atoms in total. The number of rotatable bonds is 1. The maximum absolute atomic E-state index is 12.0. The van der Waals surface area contributed by atoms with Gasteiger partial charge in [0, 0.05) is 18.3 Å². The zero-order chi connectivity index (χ0) is 15.8. The van der Waals surface area contributed by atoms with E-state index in [2.05, 4.69) is 4.98 Å². The molecule has 1 aromatic heterocycles. The van der Waals surface area contributed by atoms with Crippen LogP contribution >= 0.6 is 0 Å². The van der Waals surface area contributed by atoms with E-state index in [1.54, 1.807) is 20.8 Å². The van der Waals surface area contributed by atoms with Crippen LogP contribution in [0.5, 0.6) is 0 Å². The number of hydrogen-bond donors (Lipinski definition) is 2. The molecule has 1 aromatic rings. The summed E-state index contributed by atoms with van der Waals surface area (Å²) in [7, 11) is 0. The zero-order valence-corrected chi connectivity index (χ0v) is 12.2. The van der Waals surface area contributed by atoms with Gasteiger partial charge in [0.1, 0.15) is 5.60 Å². The minimum absolute atomic E-state index is 0.0562. The minimum Gasteiger partial charge on any atom is -0.478 e. The summed E-state index contributed by atoms with van der Waals surface area (Å²) >= 11 is 0. The molecule has 114 valence electrons. The van der Waals surface area contributed by atoms with E-state index in [4.69, 9.17) is 9.84 Å². The summed E-state index contributed by atoms with van der Waals surface area (Å²) in [5, 5.41) is 9.13. The number of ether oxygens (including phenoxy) is 1. The second-order valence-corrected chi connectivity index (χ2v) is 5.95. The molecule has 0 aliphatic carbocycles. The topological polar surface area (TPSA) is 99.7 Å². The number of aromatic amines is 1. The first-order valence-electron chi connectivity index (χ1n) is 6.63. The number of carboxylic acid groups (broad SMARTS) is 1. The van der Waals surface area contributed by atoms with Crippen LogP contribution in [0.15, 0.2) is 11.0 Å². The molecule has 0 spiro atoms. The van der Waals surface area contributed by atoms with E-state index >= 15 is 0 Å². The molecule has 1 aliphatic heterocycles. The molecule has 0 atom stereocenters. The molecule has 0 saturated heterocycles. The Bertz CT molecular complexity index is 642. The third kappa shape index (κ3) is 3.24. The molecule has 2 heterocycles. The van der Waals surface area contributed by atoms with Gasteiger partial charge in [-0.2, -0.15) is 0 Å². The standard InChI is InChI=1S/C14H18N2O5/c1-14(2,3)21-13(20)16-5-4-8-9(12(18)19)6-15-11(17)10(8)7-16/h6H,4-5,7H2,1-3H3,(H,15,17)(H,18,19). The van der Waals surface area contributed by atoms with Crippen LogP contribution in [0.2, 0.25) is 0 Å². The monoisotopic (exact) mass is 294 g/mol. The lowest BCUT2D eigenvalue weighted by Gasteiger charge is -2.31. The number of fused-ring (bicyclic) bond motifs is 1. The summed E-state index contributed by atoms with van der Waals surface area (Å²) in [6.45, 7) is 5.67. The first kappa shape index (κ1) is 15.1. The first-order chi connectivity index (χ1) is 9.69. The Morgan fingerprint density at radius 1 is 1.33 bits per heavy atom. The van der Waals surface area contributed by atoms with Crippen LogP contribution < -0.4 is 5.56 Å². The van der Waals surface area contributed by atoms with Crippen molar-refractivity contribution >= 4 is 12.1 Å². The molecule has 0 fully saturated rings. The number of aromatic carboxylic acids is 1. The highest BCUT2D eigenvalue weighted by Gasteiger charge is 2.29. The quantitative estimate of drug-likeness (QED) is 0.814. The number of amides is 1. The number of H-pyrrole nitrogens is 1. The number of hydrogen-bond acceptors (Lipinski definition) is 4. The molecular formula is C14H18N2O5. The van der Waals surface area contributed by atoms with E-state index in [1.165, 1.54) is 11.1 Å². The Hall–Kier alpha value is -2.31. The van der Waals surface area contributed by atoms with E-state index in [0.717, 1.165) is 0 Å². The van der Waals surface area contributed by atoms with Crippen molar-refractivity contribution in [1.82, 2.24) is 9.88 Å². The number of nitrogens with zero attached hydrogens (tertiary/aromatic N) is 1. The maximum atomic E-state index is 12.0. The Morgan fingerprint density at radius 3 is 2.57 bits per heavy atom. The second kappa shape index (κ2) is 5.23. The van der Waals surface area contributed by atoms with Crippen molar-refractivity contribution in [2.75, 3.05) is 6.54 Å². The average molecular weight is 294 g/mol. The van der Waals surface area contributed by atoms with Gasteiger partial charge in [-0.25, -0.2) is 9.59 Å². The van der Waals surface area contributed by atoms with Gasteiger partial charge in [-0.3, -0.25) is 4.79 Å². The minimum atomic E-state index is -1.09. The third-order valence-electron chi connectivity index (χ3n) is 3.17. The molecule has 7 heteroatoms. The van der Waals surface area contributed by atoms with Crippen molar-refractivity contribution in [3.05, 3.63) is 33.2 Å². The number of pyridine rings is 1. The molecule has 2 rings (SSSR count). The number of nitrogens with one attached hydrogen (secondary N) is 1. The van der Waals surface area contributed by atoms with Crippen molar-refractivity contribution in [1.29, 1.82) is 0 Å². The molecule has 0 bridgehead atoms. The van der Waals surface area contributed by atoms with Crippen LogP contribution in [0, 0.1) is 0 Å². The van der Waals surface area contributed by atoms with E-state index in [1.807, 2.05) is 0 Å². The summed E-state index contributed by atoms with van der Waals surface area (Å²) in [4.78, 5) is 38.9. The molecule has 0 radical (unpaired) electrons. The normalized spacial score (nSPS) is 14.5. The molecule has 1 amide bonds. The highest BCUT2D eigenvalue weighted by atomic mass is 16.6. The van der Waals surface area contributed by atoms with Crippen LogP contribution in [-0.2, 0) is 17.7 Å². The van der Waals surface area contributed by atoms with Crippen LogP contribution in [0.4, 0.5) is 4.79 Å². The average Bonchev–Trinajstić information content (AvgIpc) is 2.36. The van der Waals surface area contributed by atoms with Crippen LogP contribution in [0.1, 0.15) is 42.3 Å². The zero-order valence-electron chi connectivity index (χ0n) is 12.2. The second-order valence-electron chi connectivity index (χ2n) is 5.95. The van der Waals surface area contributed by atoms with E-state index in [9.17, 15) is 14.4 Å². The predicted octanol–water partition coefficient (Wildman–Crippen LogP) is 1.37. The first-order valence-corrected chi connectivity index (χ1v) is 6.63.